The van der Waals surface area contributed by atoms with Gasteiger partial charge in [-0.25, -0.2) is 9.78 Å². The van der Waals surface area contributed by atoms with Crippen LogP contribution >= 0.6 is 11.3 Å². The fourth-order valence-electron chi connectivity index (χ4n) is 1.49. The van der Waals surface area contributed by atoms with E-state index in [4.69, 9.17) is 15.9 Å². The molecule has 4 N–H and O–H groups in total. The zero-order valence-corrected chi connectivity index (χ0v) is 10.5. The summed E-state index contributed by atoms with van der Waals surface area (Å²) in [7, 11) is 0. The number of benzene rings is 1. The van der Waals surface area contributed by atoms with Crippen LogP contribution in [0.4, 0.5) is 9.93 Å². The highest BCUT2D eigenvalue weighted by molar-refractivity contribution is 7.22. The van der Waals surface area contributed by atoms with Crippen molar-refractivity contribution in [3.63, 3.8) is 0 Å². The second kappa shape index (κ2) is 5.21. The Morgan fingerprint density at radius 3 is 2.63 bits per heavy atom. The van der Waals surface area contributed by atoms with E-state index in [1.165, 1.54) is 11.3 Å². The Labute approximate surface area is 111 Å². The number of thiazole rings is 1. The van der Waals surface area contributed by atoms with Gasteiger partial charge in [-0.2, -0.15) is 0 Å². The maximum atomic E-state index is 11.2. The highest BCUT2D eigenvalue weighted by Crippen LogP contribution is 2.28. The molecule has 2 aromatic rings. The monoisotopic (exact) mass is 281 g/mol. The number of rotatable bonds is 4. The number of fused-ring (bicyclic) bond motifs is 1. The first-order valence-electron chi connectivity index (χ1n) is 5.33. The van der Waals surface area contributed by atoms with E-state index in [9.17, 15) is 9.59 Å². The summed E-state index contributed by atoms with van der Waals surface area (Å²) in [4.78, 5) is 26.9. The van der Waals surface area contributed by atoms with Crippen molar-refractivity contribution in [3.05, 3.63) is 24.3 Å². The van der Waals surface area contributed by atoms with E-state index < -0.39 is 18.1 Å². The van der Waals surface area contributed by atoms with E-state index in [1.54, 1.807) is 12.1 Å². The van der Waals surface area contributed by atoms with Crippen molar-refractivity contribution < 1.29 is 19.8 Å². The van der Waals surface area contributed by atoms with Gasteiger partial charge in [-0.15, -0.1) is 0 Å². The van der Waals surface area contributed by atoms with Gasteiger partial charge in [-0.3, -0.25) is 9.69 Å². The summed E-state index contributed by atoms with van der Waals surface area (Å²) in [6.45, 7) is -0.343. The molecule has 0 spiro atoms. The molecule has 1 aromatic carbocycles. The van der Waals surface area contributed by atoms with Gasteiger partial charge in [-0.1, -0.05) is 23.5 Å². The van der Waals surface area contributed by atoms with Gasteiger partial charge in [0.05, 0.1) is 16.8 Å². The number of nitrogens with zero attached hydrogens (tertiary/aromatic N) is 2. The van der Waals surface area contributed by atoms with Crippen LogP contribution in [-0.2, 0) is 4.79 Å². The predicted molar refractivity (Wildman–Crippen MR) is 70.6 cm³/mol. The van der Waals surface area contributed by atoms with Crippen molar-refractivity contribution in [3.8, 4) is 0 Å². The number of aromatic nitrogens is 1. The Bertz CT molecular complexity index is 594. The van der Waals surface area contributed by atoms with Crippen LogP contribution in [0.3, 0.4) is 0 Å². The van der Waals surface area contributed by atoms with E-state index >= 15 is 0 Å². The lowest BCUT2D eigenvalue weighted by Gasteiger charge is -2.17. The lowest BCUT2D eigenvalue weighted by atomic mass is 10.3. The van der Waals surface area contributed by atoms with Gasteiger partial charge in [0.2, 0.25) is 0 Å². The van der Waals surface area contributed by atoms with Gasteiger partial charge in [0.1, 0.15) is 6.04 Å². The third-order valence-electron chi connectivity index (χ3n) is 2.44. The summed E-state index contributed by atoms with van der Waals surface area (Å²) in [6, 6.07) is 5.89. The van der Waals surface area contributed by atoms with Gasteiger partial charge in [0.15, 0.2) is 5.13 Å². The standard InChI is InChI=1S/C11H11N3O4S/c12-6(9(15)16)5-14(11(17)18)10-13-7-3-1-2-4-8(7)19-10/h1-4,6H,5,12H2,(H,15,16)(H,17,18)/t6-/m0/s1. The number of aliphatic carboxylic acids is 1. The molecule has 0 aliphatic carbocycles. The van der Waals surface area contributed by atoms with Crippen molar-refractivity contribution in [2.45, 2.75) is 6.04 Å². The molecule has 1 atom stereocenters. The molecular weight excluding hydrogens is 270 g/mol. The predicted octanol–water partition coefficient (Wildman–Crippen LogP) is 1.19. The third-order valence-corrected chi connectivity index (χ3v) is 3.50. The molecule has 1 amide bonds. The first kappa shape index (κ1) is 13.2. The zero-order valence-electron chi connectivity index (χ0n) is 9.68. The number of carboxylic acid groups (broad SMARTS) is 2. The van der Waals surface area contributed by atoms with Gasteiger partial charge < -0.3 is 15.9 Å². The molecule has 0 bridgehead atoms. The summed E-state index contributed by atoms with van der Waals surface area (Å²) in [6.07, 6.45) is -1.28. The number of carboxylic acids is 1. The lowest BCUT2D eigenvalue weighted by Crippen LogP contribution is -2.44. The maximum absolute atomic E-state index is 11.2. The van der Waals surface area contributed by atoms with Crippen LogP contribution in [0, 0.1) is 0 Å². The van der Waals surface area contributed by atoms with Gasteiger partial charge >= 0.3 is 12.1 Å². The Balaban J connectivity index is 2.33. The van der Waals surface area contributed by atoms with Crippen molar-refractivity contribution in [2.24, 2.45) is 5.73 Å². The first-order chi connectivity index (χ1) is 8.99. The second-order valence-electron chi connectivity index (χ2n) is 3.80. The van der Waals surface area contributed by atoms with Crippen LogP contribution in [0.5, 0.6) is 0 Å². The van der Waals surface area contributed by atoms with Gasteiger partial charge in [0, 0.05) is 0 Å². The quantitative estimate of drug-likeness (QED) is 0.775. The van der Waals surface area contributed by atoms with Crippen molar-refractivity contribution in [1.82, 2.24) is 4.98 Å². The minimum Gasteiger partial charge on any atom is -0.480 e. The Morgan fingerprint density at radius 2 is 2.05 bits per heavy atom. The number of hydrogen-bond acceptors (Lipinski definition) is 5. The lowest BCUT2D eigenvalue weighted by molar-refractivity contribution is -0.138. The summed E-state index contributed by atoms with van der Waals surface area (Å²) in [5, 5.41) is 18.1. The molecule has 19 heavy (non-hydrogen) atoms. The Kier molecular flexibility index (Phi) is 3.63. The first-order valence-corrected chi connectivity index (χ1v) is 6.15. The zero-order chi connectivity index (χ0) is 14.0. The van der Waals surface area contributed by atoms with Crippen LogP contribution < -0.4 is 10.6 Å². The van der Waals surface area contributed by atoms with Crippen molar-refractivity contribution >= 4 is 38.7 Å². The van der Waals surface area contributed by atoms with Crippen molar-refractivity contribution in [2.75, 3.05) is 11.4 Å². The molecule has 7 nitrogen and oxygen atoms in total. The molecule has 0 aliphatic heterocycles. The topological polar surface area (TPSA) is 117 Å². The molecule has 0 saturated heterocycles. The number of para-hydroxylation sites is 1. The van der Waals surface area contributed by atoms with Gasteiger partial charge in [0.25, 0.3) is 0 Å². The third kappa shape index (κ3) is 2.80. The van der Waals surface area contributed by atoms with E-state index in [0.717, 1.165) is 9.60 Å². The van der Waals surface area contributed by atoms with Crippen LogP contribution in [0.2, 0.25) is 0 Å². The molecule has 0 saturated carbocycles. The number of hydrogen-bond donors (Lipinski definition) is 3. The molecule has 1 heterocycles. The van der Waals surface area contributed by atoms with Crippen LogP contribution in [0.15, 0.2) is 24.3 Å². The van der Waals surface area contributed by atoms with Crippen LogP contribution in [0.25, 0.3) is 10.2 Å². The van der Waals surface area contributed by atoms with E-state index in [2.05, 4.69) is 4.98 Å². The van der Waals surface area contributed by atoms with Gasteiger partial charge in [-0.05, 0) is 12.1 Å². The van der Waals surface area contributed by atoms with Crippen LogP contribution in [-0.4, -0.2) is 39.8 Å². The fraction of sp³-hybridized carbons (Fsp3) is 0.182. The number of carbonyl (C=O) groups is 2. The summed E-state index contributed by atoms with van der Waals surface area (Å²) < 4.78 is 0.827. The number of nitrogens with two attached hydrogens (primary N) is 1. The minimum absolute atomic E-state index is 0.213. The molecule has 0 aliphatic rings. The maximum Gasteiger partial charge on any atom is 0.413 e. The highest BCUT2D eigenvalue weighted by Gasteiger charge is 2.24. The molecule has 2 rings (SSSR count). The highest BCUT2D eigenvalue weighted by atomic mass is 32.1. The molecule has 1 aromatic heterocycles. The summed E-state index contributed by atoms with van der Waals surface area (Å²) >= 11 is 1.17. The molecule has 0 fully saturated rings. The van der Waals surface area contributed by atoms with Crippen LogP contribution in [0.1, 0.15) is 0 Å². The van der Waals surface area contributed by atoms with Crippen molar-refractivity contribution in [1.29, 1.82) is 0 Å². The summed E-state index contributed by atoms with van der Waals surface area (Å²) in [5.41, 5.74) is 6.02. The summed E-state index contributed by atoms with van der Waals surface area (Å²) in [5.74, 6) is -1.26. The average Bonchev–Trinajstić information content (AvgIpc) is 2.78. The minimum atomic E-state index is -1.29. The molecule has 8 heteroatoms. The van der Waals surface area contributed by atoms with E-state index in [0.29, 0.717) is 5.52 Å². The number of amides is 1. The Morgan fingerprint density at radius 1 is 1.37 bits per heavy atom. The molecule has 100 valence electrons. The second-order valence-corrected chi connectivity index (χ2v) is 4.81. The van der Waals surface area contributed by atoms with E-state index in [-0.39, 0.29) is 11.7 Å². The SMILES string of the molecule is N[C@@H](CN(C(=O)O)c1nc2ccccc2s1)C(=O)O. The normalized spacial score (nSPS) is 12.3. The Hall–Kier alpha value is -2.19. The van der Waals surface area contributed by atoms with E-state index in [1.807, 2.05) is 12.1 Å². The molecule has 0 radical (unpaired) electrons. The molecule has 0 unspecified atom stereocenters. The smallest absolute Gasteiger partial charge is 0.413 e. The largest absolute Gasteiger partial charge is 0.480 e. The average molecular weight is 281 g/mol. The molecular formula is C11H11N3O4S. The fourth-order valence-corrected chi connectivity index (χ4v) is 2.46. The number of anilines is 1.